The Morgan fingerprint density at radius 1 is 1.44 bits per heavy atom. The molecular formula is C14H19NO3. The Morgan fingerprint density at radius 2 is 2.17 bits per heavy atom. The fourth-order valence-electron chi connectivity index (χ4n) is 2.18. The molecule has 0 atom stereocenters. The van der Waals surface area contributed by atoms with Crippen molar-refractivity contribution in [3.8, 4) is 0 Å². The van der Waals surface area contributed by atoms with Crippen molar-refractivity contribution in [1.82, 2.24) is 5.32 Å². The Hall–Kier alpha value is -1.39. The van der Waals surface area contributed by atoms with E-state index in [2.05, 4.69) is 5.32 Å². The van der Waals surface area contributed by atoms with Crippen molar-refractivity contribution in [1.29, 1.82) is 0 Å². The van der Waals surface area contributed by atoms with E-state index in [-0.39, 0.29) is 12.5 Å². The van der Waals surface area contributed by atoms with Gasteiger partial charge >= 0.3 is 0 Å². The predicted octanol–water partition coefficient (Wildman–Crippen LogP) is 1.27. The molecule has 1 fully saturated rings. The third-order valence-corrected chi connectivity index (χ3v) is 3.41. The molecule has 1 aromatic rings. The van der Waals surface area contributed by atoms with E-state index in [9.17, 15) is 9.90 Å². The number of rotatable bonds is 3. The summed E-state index contributed by atoms with van der Waals surface area (Å²) in [7, 11) is 0. The lowest BCUT2D eigenvalue weighted by atomic mass is 9.90. The second-order valence-electron chi connectivity index (χ2n) is 4.87. The molecule has 1 aliphatic rings. The number of benzene rings is 1. The van der Waals surface area contributed by atoms with Gasteiger partial charge in [0.15, 0.2) is 0 Å². The molecule has 2 rings (SSSR count). The third kappa shape index (κ3) is 2.89. The van der Waals surface area contributed by atoms with E-state index < -0.39 is 5.54 Å². The average molecular weight is 249 g/mol. The number of hydrogen-bond acceptors (Lipinski definition) is 3. The van der Waals surface area contributed by atoms with Gasteiger partial charge in [0.2, 0.25) is 0 Å². The molecule has 0 unspecified atom stereocenters. The van der Waals surface area contributed by atoms with Crippen LogP contribution >= 0.6 is 0 Å². The van der Waals surface area contributed by atoms with Crippen LogP contribution in [0.2, 0.25) is 0 Å². The van der Waals surface area contributed by atoms with Crippen LogP contribution in [0.4, 0.5) is 0 Å². The summed E-state index contributed by atoms with van der Waals surface area (Å²) in [6.45, 7) is 3.06. The van der Waals surface area contributed by atoms with Gasteiger partial charge < -0.3 is 15.2 Å². The molecule has 1 aliphatic heterocycles. The molecule has 4 nitrogen and oxygen atoms in total. The largest absolute Gasteiger partial charge is 0.394 e. The van der Waals surface area contributed by atoms with Gasteiger partial charge in [0, 0.05) is 18.8 Å². The van der Waals surface area contributed by atoms with Crippen molar-refractivity contribution in [3.05, 3.63) is 35.4 Å². The number of ether oxygens (including phenoxy) is 1. The van der Waals surface area contributed by atoms with Crippen LogP contribution in [-0.4, -0.2) is 36.4 Å². The van der Waals surface area contributed by atoms with Crippen LogP contribution in [0.5, 0.6) is 0 Å². The smallest absolute Gasteiger partial charge is 0.251 e. The first-order valence-electron chi connectivity index (χ1n) is 6.23. The molecule has 98 valence electrons. The zero-order valence-electron chi connectivity index (χ0n) is 10.6. The minimum atomic E-state index is -0.529. The number of carbonyl (C=O) groups excluding carboxylic acids is 1. The Kier molecular flexibility index (Phi) is 3.99. The molecule has 0 aliphatic carbocycles. The summed E-state index contributed by atoms with van der Waals surface area (Å²) in [6.07, 6.45) is 1.31. The first-order chi connectivity index (χ1) is 8.65. The van der Waals surface area contributed by atoms with Gasteiger partial charge in [0.25, 0.3) is 5.91 Å². The summed E-state index contributed by atoms with van der Waals surface area (Å²) in [5, 5.41) is 12.5. The van der Waals surface area contributed by atoms with Gasteiger partial charge in [-0.3, -0.25) is 4.79 Å². The highest BCUT2D eigenvalue weighted by molar-refractivity contribution is 5.94. The van der Waals surface area contributed by atoms with Gasteiger partial charge in [-0.25, -0.2) is 0 Å². The van der Waals surface area contributed by atoms with Gasteiger partial charge in [0.1, 0.15) is 0 Å². The van der Waals surface area contributed by atoms with Crippen molar-refractivity contribution >= 4 is 5.91 Å². The number of aliphatic hydroxyl groups excluding tert-OH is 1. The van der Waals surface area contributed by atoms with Crippen molar-refractivity contribution in [3.63, 3.8) is 0 Å². The third-order valence-electron chi connectivity index (χ3n) is 3.41. The molecule has 0 saturated carbocycles. The molecule has 2 N–H and O–H groups in total. The molecule has 1 saturated heterocycles. The van der Waals surface area contributed by atoms with Crippen molar-refractivity contribution in [2.45, 2.75) is 25.3 Å². The zero-order valence-corrected chi connectivity index (χ0v) is 10.6. The van der Waals surface area contributed by atoms with Crippen LogP contribution in [-0.2, 0) is 4.74 Å². The van der Waals surface area contributed by atoms with Crippen molar-refractivity contribution < 1.29 is 14.6 Å². The van der Waals surface area contributed by atoms with Crippen LogP contribution in [0, 0.1) is 6.92 Å². The van der Waals surface area contributed by atoms with E-state index in [0.29, 0.717) is 31.6 Å². The Bertz CT molecular complexity index is 425. The Labute approximate surface area is 107 Å². The SMILES string of the molecule is Cc1cccc(C(=O)NC2(CO)CCOCC2)c1. The Morgan fingerprint density at radius 3 is 2.78 bits per heavy atom. The maximum Gasteiger partial charge on any atom is 0.251 e. The number of aliphatic hydroxyl groups is 1. The van der Waals surface area contributed by atoms with Crippen molar-refractivity contribution in [2.24, 2.45) is 0 Å². The normalized spacial score (nSPS) is 18.3. The number of hydrogen-bond donors (Lipinski definition) is 2. The van der Waals surface area contributed by atoms with Gasteiger partial charge in [-0.1, -0.05) is 17.7 Å². The highest BCUT2D eigenvalue weighted by Crippen LogP contribution is 2.20. The molecule has 0 spiro atoms. The van der Waals surface area contributed by atoms with E-state index >= 15 is 0 Å². The van der Waals surface area contributed by atoms with Gasteiger partial charge in [-0.15, -0.1) is 0 Å². The first kappa shape index (κ1) is 13.1. The minimum Gasteiger partial charge on any atom is -0.394 e. The van der Waals surface area contributed by atoms with Crippen LogP contribution < -0.4 is 5.32 Å². The lowest BCUT2D eigenvalue weighted by Crippen LogP contribution is -2.54. The zero-order chi connectivity index (χ0) is 13.0. The van der Waals surface area contributed by atoms with Crippen LogP contribution in [0.3, 0.4) is 0 Å². The molecule has 1 aromatic carbocycles. The summed E-state index contributed by atoms with van der Waals surface area (Å²) in [5.74, 6) is -0.130. The first-order valence-corrected chi connectivity index (χ1v) is 6.23. The van der Waals surface area contributed by atoms with Crippen molar-refractivity contribution in [2.75, 3.05) is 19.8 Å². The molecule has 4 heteroatoms. The quantitative estimate of drug-likeness (QED) is 0.848. The summed E-state index contributed by atoms with van der Waals surface area (Å²) >= 11 is 0. The van der Waals surface area contributed by atoms with Crippen LogP contribution in [0.1, 0.15) is 28.8 Å². The van der Waals surface area contributed by atoms with Crippen LogP contribution in [0.15, 0.2) is 24.3 Å². The van der Waals surface area contributed by atoms with E-state index in [0.717, 1.165) is 5.56 Å². The fraction of sp³-hybridized carbons (Fsp3) is 0.500. The van der Waals surface area contributed by atoms with E-state index in [4.69, 9.17) is 4.74 Å². The summed E-state index contributed by atoms with van der Waals surface area (Å²) in [5.41, 5.74) is 1.15. The second kappa shape index (κ2) is 5.50. The standard InChI is InChI=1S/C14H19NO3/c1-11-3-2-4-12(9-11)13(17)15-14(10-16)5-7-18-8-6-14/h2-4,9,16H,5-8,10H2,1H3,(H,15,17). The Balaban J connectivity index is 2.10. The molecular weight excluding hydrogens is 230 g/mol. The van der Waals surface area contributed by atoms with E-state index in [1.165, 1.54) is 0 Å². The lowest BCUT2D eigenvalue weighted by Gasteiger charge is -2.36. The molecule has 18 heavy (non-hydrogen) atoms. The maximum atomic E-state index is 12.2. The predicted molar refractivity (Wildman–Crippen MR) is 68.5 cm³/mol. The van der Waals surface area contributed by atoms with E-state index in [1.807, 2.05) is 25.1 Å². The van der Waals surface area contributed by atoms with Gasteiger partial charge in [-0.2, -0.15) is 0 Å². The number of amides is 1. The molecule has 0 bridgehead atoms. The molecule has 1 amide bonds. The van der Waals surface area contributed by atoms with E-state index in [1.54, 1.807) is 6.07 Å². The molecule has 1 heterocycles. The second-order valence-corrected chi connectivity index (χ2v) is 4.87. The maximum absolute atomic E-state index is 12.2. The summed E-state index contributed by atoms with van der Waals surface area (Å²) in [4.78, 5) is 12.2. The molecule has 0 radical (unpaired) electrons. The van der Waals surface area contributed by atoms with Crippen LogP contribution in [0.25, 0.3) is 0 Å². The fourth-order valence-corrected chi connectivity index (χ4v) is 2.18. The molecule has 0 aromatic heterocycles. The topological polar surface area (TPSA) is 58.6 Å². The van der Waals surface area contributed by atoms with Gasteiger partial charge in [0.05, 0.1) is 12.1 Å². The summed E-state index contributed by atoms with van der Waals surface area (Å²) < 4.78 is 5.27. The highest BCUT2D eigenvalue weighted by Gasteiger charge is 2.33. The lowest BCUT2D eigenvalue weighted by molar-refractivity contribution is 0.0125. The number of aryl methyl sites for hydroxylation is 1. The monoisotopic (exact) mass is 249 g/mol. The van der Waals surface area contributed by atoms with Gasteiger partial charge in [-0.05, 0) is 31.9 Å². The average Bonchev–Trinajstić information content (AvgIpc) is 2.40. The summed E-state index contributed by atoms with van der Waals surface area (Å²) in [6, 6.07) is 7.44. The number of carbonyl (C=O) groups is 1. The minimum absolute atomic E-state index is 0.0477. The number of nitrogens with one attached hydrogen (secondary N) is 1. The highest BCUT2D eigenvalue weighted by atomic mass is 16.5.